The van der Waals surface area contributed by atoms with Crippen molar-refractivity contribution in [1.29, 1.82) is 0 Å². The van der Waals surface area contributed by atoms with Crippen LogP contribution in [0.25, 0.3) is 11.1 Å². The van der Waals surface area contributed by atoms with Crippen LogP contribution in [0.1, 0.15) is 12.5 Å². The Bertz CT molecular complexity index is 1160. The van der Waals surface area contributed by atoms with Crippen molar-refractivity contribution in [3.05, 3.63) is 53.8 Å². The highest BCUT2D eigenvalue weighted by Crippen LogP contribution is 2.26. The lowest BCUT2D eigenvalue weighted by Crippen LogP contribution is -2.31. The van der Waals surface area contributed by atoms with Crippen molar-refractivity contribution >= 4 is 38.8 Å². The van der Waals surface area contributed by atoms with E-state index in [1.807, 2.05) is 6.92 Å². The molecule has 0 aliphatic heterocycles. The van der Waals surface area contributed by atoms with Crippen molar-refractivity contribution in [3.63, 3.8) is 0 Å². The molecule has 30 heavy (non-hydrogen) atoms. The number of hydrogen-bond donors (Lipinski definition) is 0. The summed E-state index contributed by atoms with van der Waals surface area (Å²) < 4.78 is 44.6. The number of rotatable bonds is 8. The van der Waals surface area contributed by atoms with Crippen LogP contribution in [-0.2, 0) is 21.4 Å². The van der Waals surface area contributed by atoms with Crippen molar-refractivity contribution in [2.24, 2.45) is 0 Å². The van der Waals surface area contributed by atoms with Gasteiger partial charge in [-0.15, -0.1) is 0 Å². The van der Waals surface area contributed by atoms with Crippen LogP contribution in [0.3, 0.4) is 0 Å². The molecule has 0 aliphatic rings. The van der Waals surface area contributed by atoms with Gasteiger partial charge in [0.05, 0.1) is 10.6 Å². The second-order valence-corrected chi connectivity index (χ2v) is 9.80. The number of aromatic nitrogens is 1. The van der Waals surface area contributed by atoms with Gasteiger partial charge < -0.3 is 9.32 Å². The predicted molar refractivity (Wildman–Crippen MR) is 113 cm³/mol. The fraction of sp³-hybridized carbons (Fsp3) is 0.300. The summed E-state index contributed by atoms with van der Waals surface area (Å²) in [7, 11) is -0.661. The minimum atomic E-state index is -3.57. The highest BCUT2D eigenvalue weighted by molar-refractivity contribution is 7.99. The zero-order valence-electron chi connectivity index (χ0n) is 16.8. The number of hydrogen-bond acceptors (Lipinski definition) is 6. The molecule has 2 aromatic carbocycles. The lowest BCUT2D eigenvalue weighted by atomic mass is 10.2. The summed E-state index contributed by atoms with van der Waals surface area (Å²) in [4.78, 5) is 18.6. The second-order valence-electron chi connectivity index (χ2n) is 6.72. The van der Waals surface area contributed by atoms with Crippen molar-refractivity contribution in [2.75, 3.05) is 26.4 Å². The van der Waals surface area contributed by atoms with Gasteiger partial charge in [0.2, 0.25) is 15.9 Å². The van der Waals surface area contributed by atoms with Gasteiger partial charge in [0, 0.05) is 27.2 Å². The molecule has 0 radical (unpaired) electrons. The number of nitrogens with zero attached hydrogens (tertiary/aromatic N) is 3. The average molecular weight is 452 g/mol. The predicted octanol–water partition coefficient (Wildman–Crippen LogP) is 3.36. The summed E-state index contributed by atoms with van der Waals surface area (Å²) in [5.74, 6) is -0.379. The second kappa shape index (κ2) is 9.15. The van der Waals surface area contributed by atoms with E-state index >= 15 is 0 Å². The molecule has 0 atom stereocenters. The molecule has 160 valence electrons. The smallest absolute Gasteiger partial charge is 0.257 e. The van der Waals surface area contributed by atoms with E-state index in [1.54, 1.807) is 23.1 Å². The van der Waals surface area contributed by atoms with E-state index in [0.717, 1.165) is 16.1 Å². The van der Waals surface area contributed by atoms with Gasteiger partial charge in [0.25, 0.3) is 5.22 Å². The highest BCUT2D eigenvalue weighted by atomic mass is 32.2. The Morgan fingerprint density at radius 2 is 1.97 bits per heavy atom. The Morgan fingerprint density at radius 1 is 1.20 bits per heavy atom. The monoisotopic (exact) mass is 451 g/mol. The Hall–Kier alpha value is -2.43. The van der Waals surface area contributed by atoms with Gasteiger partial charge in [-0.3, -0.25) is 4.79 Å². The molecule has 3 aromatic rings. The fourth-order valence-electron chi connectivity index (χ4n) is 2.77. The molecule has 0 fully saturated rings. The SMILES string of the molecule is CCN(Cc1cccc(F)c1)C(=O)CSc1nc2cc(S(=O)(=O)N(C)C)ccc2o1. The van der Waals surface area contributed by atoms with E-state index < -0.39 is 10.0 Å². The van der Waals surface area contributed by atoms with Gasteiger partial charge in [0.15, 0.2) is 5.58 Å². The molecule has 7 nitrogen and oxygen atoms in total. The standard InChI is InChI=1S/C20H22FN3O4S2/c1-4-24(12-14-6-5-7-15(21)10-14)19(25)13-29-20-22-17-11-16(8-9-18(17)28-20)30(26,27)23(2)3/h5-11H,4,12-13H2,1-3H3. The van der Waals surface area contributed by atoms with Crippen molar-refractivity contribution in [3.8, 4) is 0 Å². The molecule has 1 aromatic heterocycles. The van der Waals surface area contributed by atoms with E-state index in [9.17, 15) is 17.6 Å². The number of oxazole rings is 1. The minimum absolute atomic E-state index is 0.0961. The van der Waals surface area contributed by atoms with Crippen molar-refractivity contribution in [1.82, 2.24) is 14.2 Å². The molecule has 1 heterocycles. The van der Waals surface area contributed by atoms with Gasteiger partial charge in [-0.1, -0.05) is 23.9 Å². The van der Waals surface area contributed by atoms with Crippen molar-refractivity contribution < 1.29 is 22.0 Å². The average Bonchev–Trinajstić information content (AvgIpc) is 3.12. The first-order valence-corrected chi connectivity index (χ1v) is 11.6. The minimum Gasteiger partial charge on any atom is -0.431 e. The van der Waals surface area contributed by atoms with Crippen LogP contribution in [0.2, 0.25) is 0 Å². The molecule has 0 saturated heterocycles. The number of sulfonamides is 1. The Kier molecular flexibility index (Phi) is 6.79. The number of benzene rings is 2. The lowest BCUT2D eigenvalue weighted by Gasteiger charge is -2.20. The molecule has 0 bridgehead atoms. The Morgan fingerprint density at radius 3 is 2.63 bits per heavy atom. The maximum atomic E-state index is 13.4. The first kappa shape index (κ1) is 22.3. The maximum Gasteiger partial charge on any atom is 0.257 e. The summed E-state index contributed by atoms with van der Waals surface area (Å²) in [6.07, 6.45) is 0. The third-order valence-corrected chi connectivity index (χ3v) is 7.06. The summed E-state index contributed by atoms with van der Waals surface area (Å²) in [6, 6.07) is 10.6. The molecule has 0 unspecified atom stereocenters. The normalized spacial score (nSPS) is 11.9. The number of thioether (sulfide) groups is 1. The number of amides is 1. The van der Waals surface area contributed by atoms with Gasteiger partial charge in [0.1, 0.15) is 11.3 Å². The molecule has 0 N–H and O–H groups in total. The van der Waals surface area contributed by atoms with Crippen LogP contribution in [0.5, 0.6) is 0 Å². The summed E-state index contributed by atoms with van der Waals surface area (Å²) in [5.41, 5.74) is 1.56. The van der Waals surface area contributed by atoms with E-state index in [0.29, 0.717) is 29.8 Å². The van der Waals surface area contributed by atoms with Crippen molar-refractivity contribution in [2.45, 2.75) is 23.6 Å². The molecule has 10 heteroatoms. The van der Waals surface area contributed by atoms with Crippen LogP contribution < -0.4 is 0 Å². The molecular formula is C20H22FN3O4S2. The van der Waals surface area contributed by atoms with E-state index in [-0.39, 0.29) is 27.6 Å². The van der Waals surface area contributed by atoms with E-state index in [2.05, 4.69) is 4.98 Å². The molecule has 1 amide bonds. The van der Waals surface area contributed by atoms with Crippen LogP contribution >= 0.6 is 11.8 Å². The quantitative estimate of drug-likeness (QED) is 0.489. The van der Waals surface area contributed by atoms with Crippen LogP contribution in [0.4, 0.5) is 4.39 Å². The number of carbonyl (C=O) groups is 1. The topological polar surface area (TPSA) is 83.7 Å². The van der Waals surface area contributed by atoms with Crippen LogP contribution in [0, 0.1) is 5.82 Å². The first-order chi connectivity index (χ1) is 14.2. The zero-order valence-corrected chi connectivity index (χ0v) is 18.5. The number of halogens is 1. The highest BCUT2D eigenvalue weighted by Gasteiger charge is 2.20. The zero-order chi connectivity index (χ0) is 21.9. The first-order valence-electron chi connectivity index (χ1n) is 9.19. The lowest BCUT2D eigenvalue weighted by molar-refractivity contribution is -0.128. The van der Waals surface area contributed by atoms with Crippen LogP contribution in [0.15, 0.2) is 57.0 Å². The molecule has 0 aliphatic carbocycles. The molecule has 3 rings (SSSR count). The Labute approximate surface area is 178 Å². The number of carbonyl (C=O) groups excluding carboxylic acids is 1. The maximum absolute atomic E-state index is 13.4. The summed E-state index contributed by atoms with van der Waals surface area (Å²) in [6.45, 7) is 2.65. The molecule has 0 saturated carbocycles. The molecule has 0 spiro atoms. The van der Waals surface area contributed by atoms with Gasteiger partial charge in [-0.2, -0.15) is 0 Å². The molecular weight excluding hydrogens is 429 g/mol. The van der Waals surface area contributed by atoms with Crippen LogP contribution in [-0.4, -0.2) is 54.9 Å². The van der Waals surface area contributed by atoms with Gasteiger partial charge in [-0.05, 0) is 42.8 Å². The number of fused-ring (bicyclic) bond motifs is 1. The van der Waals surface area contributed by atoms with Gasteiger partial charge in [-0.25, -0.2) is 22.1 Å². The van der Waals surface area contributed by atoms with E-state index in [1.165, 1.54) is 38.4 Å². The third kappa shape index (κ3) is 5.00. The summed E-state index contributed by atoms with van der Waals surface area (Å²) >= 11 is 1.13. The van der Waals surface area contributed by atoms with E-state index in [4.69, 9.17) is 4.42 Å². The van der Waals surface area contributed by atoms with Gasteiger partial charge >= 0.3 is 0 Å². The third-order valence-electron chi connectivity index (χ3n) is 4.43. The Balaban J connectivity index is 1.69. The summed E-state index contributed by atoms with van der Waals surface area (Å²) in [5, 5.41) is 0.277. The fourth-order valence-corrected chi connectivity index (χ4v) is 4.43. The largest absolute Gasteiger partial charge is 0.431 e.